The van der Waals surface area contributed by atoms with Crippen molar-refractivity contribution in [2.45, 2.75) is 103 Å². The molecule has 2 aliphatic heterocycles. The van der Waals surface area contributed by atoms with Gasteiger partial charge in [0.1, 0.15) is 24.0 Å². The zero-order valence-electron chi connectivity index (χ0n) is 30.3. The summed E-state index contributed by atoms with van der Waals surface area (Å²) >= 11 is 18.2. The zero-order valence-corrected chi connectivity index (χ0v) is 32.7. The van der Waals surface area contributed by atoms with Gasteiger partial charge in [-0.05, 0) is 23.3 Å². The van der Waals surface area contributed by atoms with E-state index in [1.807, 2.05) is 30.3 Å². The molecule has 3 aromatic rings. The minimum Gasteiger partial charge on any atom is -0.463 e. The van der Waals surface area contributed by atoms with E-state index in [4.69, 9.17) is 68.6 Å². The molecule has 18 heteroatoms. The normalized spacial score (nSPS) is 25.0. The SMILES string of the molecule is CC(=O)OCC1OC(CC(=S)Nc2cccc(C3OC(Cn4cnc(Cl)c4Cl)CC(c4ccc(CO)cc4)O3)c2)C(OC(C)=O)C(OC(C)=O)C1OC(C)=O. The second-order valence-electron chi connectivity index (χ2n) is 12.9. The Labute approximate surface area is 332 Å². The summed E-state index contributed by atoms with van der Waals surface area (Å²) in [5, 5.41) is 13.2. The van der Waals surface area contributed by atoms with Gasteiger partial charge in [-0.15, -0.1) is 0 Å². The number of aromatic nitrogens is 2. The average molecular weight is 823 g/mol. The van der Waals surface area contributed by atoms with Crippen LogP contribution in [0.4, 0.5) is 5.69 Å². The van der Waals surface area contributed by atoms with Gasteiger partial charge in [-0.25, -0.2) is 4.98 Å². The number of carbonyl (C=O) groups excluding carboxylic acids is 4. The molecule has 0 aliphatic carbocycles. The number of esters is 4. The van der Waals surface area contributed by atoms with Gasteiger partial charge in [-0.3, -0.25) is 19.2 Å². The summed E-state index contributed by atoms with van der Waals surface area (Å²) in [6.07, 6.45) is -5.59. The standard InChI is InChI=1S/C37H41Cl2N3O12S/c1-19(44)48-17-30-33(50-21(3)46)34(51-22(4)47)32(49-20(2)45)29(53-30)14-31(55)41-26-7-5-6-25(12-26)37-52-27(15-42-18-40-35(38)36(42)39)13-28(54-37)24-10-8-23(16-43)9-11-24/h5-12,18,27-30,32-34,37,43H,13-17H2,1-4H3,(H,41,55). The van der Waals surface area contributed by atoms with E-state index in [1.54, 1.807) is 29.1 Å². The van der Waals surface area contributed by atoms with Crippen molar-refractivity contribution in [1.82, 2.24) is 9.55 Å². The molecule has 2 N–H and O–H groups in total. The second kappa shape index (κ2) is 19.1. The molecule has 0 amide bonds. The van der Waals surface area contributed by atoms with Gasteiger partial charge in [0.25, 0.3) is 0 Å². The Kier molecular flexibility index (Phi) is 14.6. The molecule has 0 spiro atoms. The third-order valence-electron chi connectivity index (χ3n) is 8.66. The molecule has 3 heterocycles. The van der Waals surface area contributed by atoms with Crippen LogP contribution >= 0.6 is 35.4 Å². The van der Waals surface area contributed by atoms with Gasteiger partial charge in [-0.1, -0.05) is 71.8 Å². The maximum atomic E-state index is 12.3. The molecule has 5 rings (SSSR count). The number of nitrogens with zero attached hydrogens (tertiary/aromatic N) is 2. The van der Waals surface area contributed by atoms with Gasteiger partial charge >= 0.3 is 23.9 Å². The molecule has 0 bridgehead atoms. The van der Waals surface area contributed by atoms with E-state index >= 15 is 0 Å². The first-order valence-corrected chi connectivity index (χ1v) is 18.4. The van der Waals surface area contributed by atoms with E-state index in [0.717, 1.165) is 25.0 Å². The molecule has 0 radical (unpaired) electrons. The quantitative estimate of drug-likeness (QED) is 0.131. The van der Waals surface area contributed by atoms with Crippen molar-refractivity contribution in [1.29, 1.82) is 0 Å². The number of hydrogen-bond donors (Lipinski definition) is 2. The van der Waals surface area contributed by atoms with Gasteiger partial charge in [-0.2, -0.15) is 0 Å². The van der Waals surface area contributed by atoms with Gasteiger partial charge in [0.15, 0.2) is 29.8 Å². The Morgan fingerprint density at radius 2 is 1.53 bits per heavy atom. The largest absolute Gasteiger partial charge is 0.463 e. The predicted molar refractivity (Wildman–Crippen MR) is 200 cm³/mol. The Hall–Kier alpha value is -4.16. The summed E-state index contributed by atoms with van der Waals surface area (Å²) < 4.78 is 42.6. The number of hydrogen-bond acceptors (Lipinski definition) is 14. The first-order valence-electron chi connectivity index (χ1n) is 17.3. The van der Waals surface area contributed by atoms with Crippen LogP contribution in [0.3, 0.4) is 0 Å². The van der Waals surface area contributed by atoms with Crippen molar-refractivity contribution < 1.29 is 57.4 Å². The minimum atomic E-state index is -1.31. The molecule has 2 saturated heterocycles. The van der Waals surface area contributed by atoms with Gasteiger partial charge in [0.05, 0.1) is 36.7 Å². The van der Waals surface area contributed by atoms with Crippen LogP contribution in [0.15, 0.2) is 54.9 Å². The van der Waals surface area contributed by atoms with Crippen molar-refractivity contribution >= 4 is 70.0 Å². The van der Waals surface area contributed by atoms with Gasteiger partial charge in [0, 0.05) is 51.8 Å². The van der Waals surface area contributed by atoms with Gasteiger partial charge in [0.2, 0.25) is 0 Å². The van der Waals surface area contributed by atoms with Gasteiger partial charge < -0.3 is 48.1 Å². The van der Waals surface area contributed by atoms with E-state index in [2.05, 4.69) is 10.3 Å². The molecule has 2 aromatic carbocycles. The fourth-order valence-electron chi connectivity index (χ4n) is 6.36. The highest BCUT2D eigenvalue weighted by Gasteiger charge is 2.52. The predicted octanol–water partition coefficient (Wildman–Crippen LogP) is 5.18. The maximum absolute atomic E-state index is 12.3. The summed E-state index contributed by atoms with van der Waals surface area (Å²) in [6, 6.07) is 14.7. The first-order chi connectivity index (χ1) is 26.2. The molecular weight excluding hydrogens is 781 g/mol. The molecule has 15 nitrogen and oxygen atoms in total. The molecular formula is C37H41Cl2N3O12S. The highest BCUT2D eigenvalue weighted by Crippen LogP contribution is 2.39. The van der Waals surface area contributed by atoms with E-state index < -0.39 is 60.7 Å². The lowest BCUT2D eigenvalue weighted by Crippen LogP contribution is -2.62. The van der Waals surface area contributed by atoms with Crippen LogP contribution in [0, 0.1) is 0 Å². The molecule has 8 unspecified atom stereocenters. The summed E-state index contributed by atoms with van der Waals surface area (Å²) in [6.45, 7) is 4.58. The first kappa shape index (κ1) is 42.0. The van der Waals surface area contributed by atoms with Crippen LogP contribution < -0.4 is 5.32 Å². The molecule has 55 heavy (non-hydrogen) atoms. The summed E-state index contributed by atoms with van der Waals surface area (Å²) in [7, 11) is 0. The van der Waals surface area contributed by atoms with Crippen LogP contribution in [0.2, 0.25) is 10.3 Å². The average Bonchev–Trinajstić information content (AvgIpc) is 3.44. The van der Waals surface area contributed by atoms with Crippen molar-refractivity contribution in [2.75, 3.05) is 11.9 Å². The van der Waals surface area contributed by atoms with E-state index in [1.165, 1.54) is 13.8 Å². The van der Waals surface area contributed by atoms with Crippen molar-refractivity contribution in [3.8, 4) is 0 Å². The van der Waals surface area contributed by atoms with E-state index in [9.17, 15) is 24.3 Å². The van der Waals surface area contributed by atoms with Crippen molar-refractivity contribution in [3.05, 3.63) is 81.9 Å². The number of thiocarbonyl (C=S) groups is 1. The number of rotatable bonds is 13. The number of nitrogens with one attached hydrogen (secondary N) is 1. The number of carbonyl (C=O) groups is 4. The number of ether oxygens (including phenoxy) is 7. The third kappa shape index (κ3) is 11.4. The Morgan fingerprint density at radius 3 is 2.13 bits per heavy atom. The van der Waals surface area contributed by atoms with Crippen LogP contribution in [0.5, 0.6) is 0 Å². The lowest BCUT2D eigenvalue weighted by Gasteiger charge is -2.44. The Morgan fingerprint density at radius 1 is 0.873 bits per heavy atom. The number of aliphatic hydroxyl groups is 1. The molecule has 1 aromatic heterocycles. The lowest BCUT2D eigenvalue weighted by molar-refractivity contribution is -0.252. The molecule has 2 aliphatic rings. The summed E-state index contributed by atoms with van der Waals surface area (Å²) in [5.74, 6) is -2.80. The Balaban J connectivity index is 1.37. The highest BCUT2D eigenvalue weighted by atomic mass is 35.5. The number of halogens is 2. The molecule has 2 fully saturated rings. The highest BCUT2D eigenvalue weighted by molar-refractivity contribution is 7.80. The lowest BCUT2D eigenvalue weighted by atomic mass is 9.92. The summed E-state index contributed by atoms with van der Waals surface area (Å²) in [4.78, 5) is 52.6. The zero-order chi connectivity index (χ0) is 39.8. The minimum absolute atomic E-state index is 0.0583. The smallest absolute Gasteiger partial charge is 0.303 e. The monoisotopic (exact) mass is 821 g/mol. The number of benzene rings is 2. The van der Waals surface area contributed by atoms with Crippen LogP contribution in [0.25, 0.3) is 0 Å². The number of anilines is 1. The fourth-order valence-corrected chi connectivity index (χ4v) is 6.96. The van der Waals surface area contributed by atoms with Crippen LogP contribution in [-0.2, 0) is 65.5 Å². The molecule has 8 atom stereocenters. The topological polar surface area (TPSA) is 183 Å². The Bertz CT molecular complexity index is 1860. The second-order valence-corrected chi connectivity index (χ2v) is 14.2. The van der Waals surface area contributed by atoms with Crippen molar-refractivity contribution in [3.63, 3.8) is 0 Å². The summed E-state index contributed by atoms with van der Waals surface area (Å²) in [5.41, 5.74) is 2.89. The van der Waals surface area contributed by atoms with E-state index in [-0.39, 0.29) is 47.1 Å². The fraction of sp³-hybridized carbons (Fsp3) is 0.459. The molecule has 0 saturated carbocycles. The maximum Gasteiger partial charge on any atom is 0.303 e. The van der Waals surface area contributed by atoms with Crippen LogP contribution in [-0.4, -0.2) is 86.8 Å². The van der Waals surface area contributed by atoms with Crippen LogP contribution in [0.1, 0.15) is 69.6 Å². The van der Waals surface area contributed by atoms with E-state index in [0.29, 0.717) is 24.2 Å². The van der Waals surface area contributed by atoms with Crippen molar-refractivity contribution in [2.24, 2.45) is 0 Å². The third-order valence-corrected chi connectivity index (χ3v) is 9.70. The molecule has 296 valence electrons. The number of imidazole rings is 1. The number of aliphatic hydroxyl groups excluding tert-OH is 1.